The summed E-state index contributed by atoms with van der Waals surface area (Å²) in [5, 5.41) is 2.25. The van der Waals surface area contributed by atoms with Crippen molar-refractivity contribution in [3.05, 3.63) is 199 Å². The van der Waals surface area contributed by atoms with E-state index in [0.29, 0.717) is 17.5 Å². The third-order valence-electron chi connectivity index (χ3n) is 11.2. The van der Waals surface area contributed by atoms with Crippen LogP contribution in [0.2, 0.25) is 0 Å². The van der Waals surface area contributed by atoms with Crippen molar-refractivity contribution in [2.45, 2.75) is 19.3 Å². The minimum absolute atomic E-state index is 0.0389. The van der Waals surface area contributed by atoms with Gasteiger partial charge in [-0.15, -0.1) is 0 Å². The molecule has 55 heavy (non-hydrogen) atoms. The second-order valence-electron chi connectivity index (χ2n) is 14.8. The molecule has 0 saturated carbocycles. The molecule has 0 saturated heterocycles. The highest BCUT2D eigenvalue weighted by Crippen LogP contribution is 2.50. The number of hydrogen-bond donors (Lipinski definition) is 0. The molecule has 3 heteroatoms. The van der Waals surface area contributed by atoms with Gasteiger partial charge in [0.2, 0.25) is 0 Å². The number of rotatable bonds is 6. The normalized spacial score (nSPS) is 12.7. The Morgan fingerprint density at radius 3 is 1.29 bits per heavy atom. The molecule has 10 rings (SSSR count). The van der Waals surface area contributed by atoms with Crippen LogP contribution in [0.5, 0.6) is 0 Å². The van der Waals surface area contributed by atoms with E-state index in [-0.39, 0.29) is 5.41 Å². The molecule has 0 aliphatic heterocycles. The Kier molecular flexibility index (Phi) is 7.81. The van der Waals surface area contributed by atoms with Gasteiger partial charge in [0, 0.05) is 22.1 Å². The molecule has 9 aromatic rings. The van der Waals surface area contributed by atoms with Crippen LogP contribution in [0.3, 0.4) is 0 Å². The smallest absolute Gasteiger partial charge is 0.164 e. The molecule has 0 unspecified atom stereocenters. The maximum Gasteiger partial charge on any atom is 0.164 e. The SMILES string of the molecule is CC1(C)c2ccccc2-c2cc(-c3cccc4c(-c5nc(-c6ccccc6-c6ccccc6)nc(-c6ccccc6-c6ccccc6)n5)cccc34)ccc21. The average Bonchev–Trinajstić information content (AvgIpc) is 3.49. The molecule has 1 heterocycles. The summed E-state index contributed by atoms with van der Waals surface area (Å²) in [4.78, 5) is 15.9. The van der Waals surface area contributed by atoms with Gasteiger partial charge in [-0.1, -0.05) is 196 Å². The van der Waals surface area contributed by atoms with E-state index in [9.17, 15) is 0 Å². The Morgan fingerprint density at radius 2 is 0.709 bits per heavy atom. The van der Waals surface area contributed by atoms with Crippen molar-refractivity contribution in [1.82, 2.24) is 15.0 Å². The fourth-order valence-electron chi connectivity index (χ4n) is 8.48. The zero-order valence-corrected chi connectivity index (χ0v) is 30.7. The van der Waals surface area contributed by atoms with Gasteiger partial charge >= 0.3 is 0 Å². The van der Waals surface area contributed by atoms with Gasteiger partial charge in [0.1, 0.15) is 0 Å². The molecule has 8 aromatic carbocycles. The van der Waals surface area contributed by atoms with Crippen molar-refractivity contribution in [2.24, 2.45) is 0 Å². The first kappa shape index (κ1) is 32.7. The molecule has 0 radical (unpaired) electrons. The lowest BCUT2D eigenvalue weighted by atomic mass is 9.82. The maximum absolute atomic E-state index is 5.31. The fourth-order valence-corrected chi connectivity index (χ4v) is 8.48. The van der Waals surface area contributed by atoms with Gasteiger partial charge in [-0.2, -0.15) is 0 Å². The summed E-state index contributed by atoms with van der Waals surface area (Å²) < 4.78 is 0. The topological polar surface area (TPSA) is 38.7 Å². The Hall–Kier alpha value is -6.97. The summed E-state index contributed by atoms with van der Waals surface area (Å²) >= 11 is 0. The van der Waals surface area contributed by atoms with Gasteiger partial charge < -0.3 is 0 Å². The minimum atomic E-state index is -0.0389. The number of hydrogen-bond acceptors (Lipinski definition) is 3. The van der Waals surface area contributed by atoms with Crippen LogP contribution in [0, 0.1) is 0 Å². The maximum atomic E-state index is 5.31. The van der Waals surface area contributed by atoms with E-state index in [4.69, 9.17) is 15.0 Å². The monoisotopic (exact) mass is 703 g/mol. The zero-order chi connectivity index (χ0) is 36.9. The summed E-state index contributed by atoms with van der Waals surface area (Å²) in [6.45, 7) is 4.66. The fraction of sp³-hybridized carbons (Fsp3) is 0.0577. The lowest BCUT2D eigenvalue weighted by Crippen LogP contribution is -2.14. The molecule has 0 N–H and O–H groups in total. The number of aromatic nitrogens is 3. The van der Waals surface area contributed by atoms with Crippen molar-refractivity contribution in [3.8, 4) is 78.7 Å². The molecular formula is C52H37N3. The van der Waals surface area contributed by atoms with E-state index < -0.39 is 0 Å². The van der Waals surface area contributed by atoms with Crippen LogP contribution in [0.4, 0.5) is 0 Å². The predicted octanol–water partition coefficient (Wildman–Crippen LogP) is 13.3. The first-order chi connectivity index (χ1) is 27.0. The Morgan fingerprint density at radius 1 is 0.291 bits per heavy atom. The van der Waals surface area contributed by atoms with E-state index >= 15 is 0 Å². The summed E-state index contributed by atoms with van der Waals surface area (Å²) in [6, 6.07) is 66.6. The van der Waals surface area contributed by atoms with Gasteiger partial charge in [0.05, 0.1) is 0 Å². The molecule has 0 spiro atoms. The summed E-state index contributed by atoms with van der Waals surface area (Å²) in [5.74, 6) is 1.91. The summed E-state index contributed by atoms with van der Waals surface area (Å²) in [5.41, 5.74) is 15.0. The van der Waals surface area contributed by atoms with Gasteiger partial charge in [0.25, 0.3) is 0 Å². The highest BCUT2D eigenvalue weighted by molar-refractivity contribution is 6.04. The molecule has 260 valence electrons. The molecule has 0 atom stereocenters. The molecule has 3 nitrogen and oxygen atoms in total. The molecule has 1 aliphatic carbocycles. The average molecular weight is 704 g/mol. The highest BCUT2D eigenvalue weighted by atomic mass is 15.0. The van der Waals surface area contributed by atoms with Crippen LogP contribution in [-0.4, -0.2) is 15.0 Å². The molecule has 0 amide bonds. The second kappa shape index (κ2) is 13.2. The zero-order valence-electron chi connectivity index (χ0n) is 30.7. The molecular weight excluding hydrogens is 667 g/mol. The Bertz CT molecular complexity index is 2790. The number of fused-ring (bicyclic) bond motifs is 4. The van der Waals surface area contributed by atoms with Crippen LogP contribution < -0.4 is 0 Å². The third kappa shape index (κ3) is 5.55. The Balaban J connectivity index is 1.18. The first-order valence-electron chi connectivity index (χ1n) is 18.9. The summed E-state index contributed by atoms with van der Waals surface area (Å²) in [6.07, 6.45) is 0. The van der Waals surface area contributed by atoms with Gasteiger partial charge in [0.15, 0.2) is 17.5 Å². The summed E-state index contributed by atoms with van der Waals surface area (Å²) in [7, 11) is 0. The second-order valence-corrected chi connectivity index (χ2v) is 14.8. The van der Waals surface area contributed by atoms with Crippen LogP contribution in [0.25, 0.3) is 89.4 Å². The van der Waals surface area contributed by atoms with Crippen LogP contribution in [-0.2, 0) is 5.41 Å². The number of benzene rings is 8. The molecule has 1 aliphatic rings. The van der Waals surface area contributed by atoms with Crippen molar-refractivity contribution in [1.29, 1.82) is 0 Å². The molecule has 1 aromatic heterocycles. The van der Waals surface area contributed by atoms with Crippen molar-refractivity contribution < 1.29 is 0 Å². The molecule has 0 fully saturated rings. The van der Waals surface area contributed by atoms with Gasteiger partial charge in [-0.05, 0) is 72.5 Å². The standard InChI is InChI=1S/C52H37N3/c1-52(2)47-30-14-13-23-42(47)46-33-36(31-32-48(46)52)39-26-15-28-41-40(39)27-16-29-45(41)51-54-49(43-24-11-9-21-37(43)34-17-5-3-6-18-34)53-50(55-51)44-25-12-10-22-38(44)35-19-7-4-8-20-35/h3-33H,1-2H3. The van der Waals surface area contributed by atoms with E-state index in [2.05, 4.69) is 190 Å². The first-order valence-corrected chi connectivity index (χ1v) is 18.9. The van der Waals surface area contributed by atoms with Crippen molar-refractivity contribution >= 4 is 10.8 Å². The van der Waals surface area contributed by atoms with Gasteiger partial charge in [-0.3, -0.25) is 0 Å². The van der Waals surface area contributed by atoms with Crippen LogP contribution in [0.15, 0.2) is 188 Å². The van der Waals surface area contributed by atoms with Crippen molar-refractivity contribution in [2.75, 3.05) is 0 Å². The number of nitrogens with zero attached hydrogens (tertiary/aromatic N) is 3. The largest absolute Gasteiger partial charge is 0.208 e. The van der Waals surface area contributed by atoms with Crippen LogP contribution >= 0.6 is 0 Å². The van der Waals surface area contributed by atoms with E-state index in [1.54, 1.807) is 0 Å². The Labute approximate surface area is 321 Å². The van der Waals surface area contributed by atoms with E-state index in [0.717, 1.165) is 49.7 Å². The minimum Gasteiger partial charge on any atom is -0.208 e. The lowest BCUT2D eigenvalue weighted by molar-refractivity contribution is 0.660. The highest BCUT2D eigenvalue weighted by Gasteiger charge is 2.35. The van der Waals surface area contributed by atoms with Crippen molar-refractivity contribution in [3.63, 3.8) is 0 Å². The quantitative estimate of drug-likeness (QED) is 0.173. The van der Waals surface area contributed by atoms with Crippen LogP contribution in [0.1, 0.15) is 25.0 Å². The molecule has 0 bridgehead atoms. The predicted molar refractivity (Wildman–Crippen MR) is 228 cm³/mol. The van der Waals surface area contributed by atoms with Gasteiger partial charge in [-0.25, -0.2) is 15.0 Å². The lowest BCUT2D eigenvalue weighted by Gasteiger charge is -2.21. The van der Waals surface area contributed by atoms with E-state index in [1.807, 2.05) is 12.1 Å². The third-order valence-corrected chi connectivity index (χ3v) is 11.2. The van der Waals surface area contributed by atoms with E-state index in [1.165, 1.54) is 33.4 Å².